The first kappa shape index (κ1) is 16.5. The maximum Gasteiger partial charge on any atom is 0.347 e. The standard InChI is InChI=1S/C17H11BrClNO4/c1-23-14-8-9(6-11(18)15(14)21)7-12(19)16-20-13-5-3-2-4-10(13)17(22)24-16/h2-8,21H,1H3/b12-7-. The largest absolute Gasteiger partial charge is 0.503 e. The summed E-state index contributed by atoms with van der Waals surface area (Å²) in [5.74, 6) is 0.290. The zero-order chi connectivity index (χ0) is 17.3. The zero-order valence-electron chi connectivity index (χ0n) is 12.4. The number of halogens is 2. The third-order valence-corrected chi connectivity index (χ3v) is 4.18. The van der Waals surface area contributed by atoms with Gasteiger partial charge in [-0.1, -0.05) is 23.7 Å². The number of aromatic hydroxyl groups is 1. The zero-order valence-corrected chi connectivity index (χ0v) is 14.8. The molecule has 3 rings (SSSR count). The number of ether oxygens (including phenoxy) is 1. The summed E-state index contributed by atoms with van der Waals surface area (Å²) in [5, 5.41) is 10.4. The molecule has 0 saturated heterocycles. The molecule has 5 nitrogen and oxygen atoms in total. The summed E-state index contributed by atoms with van der Waals surface area (Å²) in [6.07, 6.45) is 1.56. The molecule has 0 spiro atoms. The first-order valence-corrected chi connectivity index (χ1v) is 8.00. The fourth-order valence-corrected chi connectivity index (χ4v) is 2.83. The van der Waals surface area contributed by atoms with Crippen molar-refractivity contribution in [1.82, 2.24) is 4.98 Å². The first-order chi connectivity index (χ1) is 11.5. The third-order valence-electron chi connectivity index (χ3n) is 3.30. The van der Waals surface area contributed by atoms with Crippen LogP contribution < -0.4 is 10.4 Å². The Balaban J connectivity index is 2.09. The molecule has 1 heterocycles. The molecule has 2 aromatic carbocycles. The van der Waals surface area contributed by atoms with E-state index < -0.39 is 5.63 Å². The molecule has 0 amide bonds. The number of para-hydroxylation sites is 1. The van der Waals surface area contributed by atoms with Crippen molar-refractivity contribution in [3.05, 3.63) is 62.7 Å². The van der Waals surface area contributed by atoms with Gasteiger partial charge in [0, 0.05) is 0 Å². The van der Waals surface area contributed by atoms with Crippen molar-refractivity contribution >= 4 is 49.5 Å². The SMILES string of the molecule is COc1cc(/C=C(\Cl)c2nc3ccccc3c(=O)o2)cc(Br)c1O. The van der Waals surface area contributed by atoms with Gasteiger partial charge in [-0.25, -0.2) is 9.78 Å². The fourth-order valence-electron chi connectivity index (χ4n) is 2.16. The molecule has 1 aromatic heterocycles. The predicted molar refractivity (Wildman–Crippen MR) is 96.4 cm³/mol. The molecule has 0 saturated carbocycles. The summed E-state index contributed by atoms with van der Waals surface area (Å²) in [5.41, 5.74) is 0.630. The number of nitrogens with zero attached hydrogens (tertiary/aromatic N) is 1. The quantitative estimate of drug-likeness (QED) is 0.695. The highest BCUT2D eigenvalue weighted by Crippen LogP contribution is 2.36. The Morgan fingerprint density at radius 1 is 1.38 bits per heavy atom. The van der Waals surface area contributed by atoms with Crippen LogP contribution in [0.25, 0.3) is 22.0 Å². The molecule has 1 N–H and O–H groups in total. The van der Waals surface area contributed by atoms with Crippen LogP contribution in [0.1, 0.15) is 11.5 Å². The van der Waals surface area contributed by atoms with E-state index in [4.69, 9.17) is 20.8 Å². The van der Waals surface area contributed by atoms with Crippen molar-refractivity contribution in [1.29, 1.82) is 0 Å². The smallest absolute Gasteiger partial charge is 0.347 e. The molecule has 0 aliphatic heterocycles. The van der Waals surface area contributed by atoms with Gasteiger partial charge in [0.25, 0.3) is 0 Å². The van der Waals surface area contributed by atoms with E-state index in [1.807, 2.05) is 0 Å². The van der Waals surface area contributed by atoms with Gasteiger partial charge in [-0.2, -0.15) is 0 Å². The van der Waals surface area contributed by atoms with Crippen molar-refractivity contribution < 1.29 is 14.3 Å². The van der Waals surface area contributed by atoms with E-state index in [1.54, 1.807) is 42.5 Å². The van der Waals surface area contributed by atoms with Crippen molar-refractivity contribution in [2.24, 2.45) is 0 Å². The van der Waals surface area contributed by atoms with Gasteiger partial charge in [0.15, 0.2) is 11.5 Å². The van der Waals surface area contributed by atoms with E-state index in [9.17, 15) is 9.90 Å². The number of hydrogen-bond acceptors (Lipinski definition) is 5. The van der Waals surface area contributed by atoms with E-state index in [0.29, 0.717) is 20.9 Å². The molecule has 0 bridgehead atoms. The number of benzene rings is 2. The Morgan fingerprint density at radius 2 is 2.12 bits per heavy atom. The Kier molecular flexibility index (Phi) is 4.59. The molecule has 0 fully saturated rings. The van der Waals surface area contributed by atoms with Crippen LogP contribution in [0.2, 0.25) is 0 Å². The number of phenols is 1. The van der Waals surface area contributed by atoms with Crippen LogP contribution in [0.15, 0.2) is 50.1 Å². The molecule has 24 heavy (non-hydrogen) atoms. The summed E-state index contributed by atoms with van der Waals surface area (Å²) in [6.45, 7) is 0. The van der Waals surface area contributed by atoms with Crippen LogP contribution >= 0.6 is 27.5 Å². The van der Waals surface area contributed by atoms with Gasteiger partial charge in [0.2, 0.25) is 5.89 Å². The van der Waals surface area contributed by atoms with Gasteiger partial charge >= 0.3 is 5.63 Å². The average molecular weight is 409 g/mol. The lowest BCUT2D eigenvalue weighted by atomic mass is 10.2. The van der Waals surface area contributed by atoms with Crippen LogP contribution in [0.3, 0.4) is 0 Å². The van der Waals surface area contributed by atoms with Gasteiger partial charge in [0.1, 0.15) is 5.03 Å². The van der Waals surface area contributed by atoms with E-state index in [1.165, 1.54) is 7.11 Å². The molecule has 7 heteroatoms. The predicted octanol–water partition coefficient (Wildman–Crippen LogP) is 4.40. The maximum atomic E-state index is 12.0. The number of phenolic OH excluding ortho intramolecular Hbond substituents is 1. The minimum Gasteiger partial charge on any atom is -0.503 e. The lowest BCUT2D eigenvalue weighted by molar-refractivity contribution is 0.372. The van der Waals surface area contributed by atoms with Gasteiger partial charge in [-0.3, -0.25) is 0 Å². The highest BCUT2D eigenvalue weighted by molar-refractivity contribution is 9.10. The van der Waals surface area contributed by atoms with Gasteiger partial charge in [-0.05, 0) is 51.8 Å². The van der Waals surface area contributed by atoms with E-state index >= 15 is 0 Å². The number of rotatable bonds is 3. The lowest BCUT2D eigenvalue weighted by Gasteiger charge is -2.07. The Bertz CT molecular complexity index is 1010. The molecule has 3 aromatic rings. The summed E-state index contributed by atoms with van der Waals surface area (Å²) >= 11 is 9.48. The second kappa shape index (κ2) is 6.67. The van der Waals surface area contributed by atoms with Crippen molar-refractivity contribution in [3.8, 4) is 11.5 Å². The summed E-state index contributed by atoms with van der Waals surface area (Å²) < 4.78 is 10.7. The molecule has 0 radical (unpaired) electrons. The van der Waals surface area contributed by atoms with Gasteiger partial charge in [-0.15, -0.1) is 0 Å². The third kappa shape index (κ3) is 3.16. The van der Waals surface area contributed by atoms with Crippen LogP contribution in [0, 0.1) is 0 Å². The topological polar surface area (TPSA) is 72.6 Å². The molecule has 0 atom stereocenters. The van der Waals surface area contributed by atoms with Crippen LogP contribution in [0.4, 0.5) is 0 Å². The van der Waals surface area contributed by atoms with Crippen molar-refractivity contribution in [2.45, 2.75) is 0 Å². The minimum absolute atomic E-state index is 0.0128. The highest BCUT2D eigenvalue weighted by Gasteiger charge is 2.11. The molecule has 0 aliphatic carbocycles. The molecule has 0 aliphatic rings. The fraction of sp³-hybridized carbons (Fsp3) is 0.0588. The normalized spacial score (nSPS) is 11.7. The van der Waals surface area contributed by atoms with Crippen LogP contribution in [-0.2, 0) is 0 Å². The van der Waals surface area contributed by atoms with E-state index in [-0.39, 0.29) is 22.4 Å². The summed E-state index contributed by atoms with van der Waals surface area (Å²) in [6, 6.07) is 10.1. The van der Waals surface area contributed by atoms with Gasteiger partial charge < -0.3 is 14.3 Å². The van der Waals surface area contributed by atoms with Crippen LogP contribution in [-0.4, -0.2) is 17.2 Å². The number of hydrogen-bond donors (Lipinski definition) is 1. The van der Waals surface area contributed by atoms with Gasteiger partial charge in [0.05, 0.1) is 22.5 Å². The number of aromatic nitrogens is 1. The van der Waals surface area contributed by atoms with Crippen molar-refractivity contribution in [2.75, 3.05) is 7.11 Å². The second-order valence-corrected chi connectivity index (χ2v) is 6.13. The molecular weight excluding hydrogens is 398 g/mol. The number of methoxy groups -OCH3 is 1. The van der Waals surface area contributed by atoms with Crippen LogP contribution in [0.5, 0.6) is 11.5 Å². The molecule has 122 valence electrons. The lowest BCUT2D eigenvalue weighted by Crippen LogP contribution is -2.03. The minimum atomic E-state index is -0.508. The van der Waals surface area contributed by atoms with Crippen molar-refractivity contribution in [3.63, 3.8) is 0 Å². The molecular formula is C17H11BrClNO4. The number of fused-ring (bicyclic) bond motifs is 1. The highest BCUT2D eigenvalue weighted by atomic mass is 79.9. The van der Waals surface area contributed by atoms with E-state index in [0.717, 1.165) is 0 Å². The summed E-state index contributed by atoms with van der Waals surface area (Å²) in [4.78, 5) is 16.3. The summed E-state index contributed by atoms with van der Waals surface area (Å²) in [7, 11) is 1.44. The first-order valence-electron chi connectivity index (χ1n) is 6.83. The monoisotopic (exact) mass is 407 g/mol. The maximum absolute atomic E-state index is 12.0. The Morgan fingerprint density at radius 3 is 2.88 bits per heavy atom. The Labute approximate surface area is 150 Å². The van der Waals surface area contributed by atoms with E-state index in [2.05, 4.69) is 20.9 Å². The second-order valence-electron chi connectivity index (χ2n) is 4.87. The average Bonchev–Trinajstić information content (AvgIpc) is 2.57. The Hall–Kier alpha value is -2.31. The molecule has 0 unspecified atom stereocenters.